The summed E-state index contributed by atoms with van der Waals surface area (Å²) in [6.45, 7) is 0. The lowest BCUT2D eigenvalue weighted by atomic mass is 10.1. The number of hydrogen-bond donors (Lipinski definition) is 1. The molecular weight excluding hydrogens is 297 g/mol. The van der Waals surface area contributed by atoms with Gasteiger partial charge in [0.25, 0.3) is 0 Å². The van der Waals surface area contributed by atoms with Gasteiger partial charge in [0.1, 0.15) is 11.5 Å². The number of phenolic OH excluding ortho intramolecular Hbond substituents is 1. The van der Waals surface area contributed by atoms with Crippen molar-refractivity contribution in [2.24, 2.45) is 0 Å². The average Bonchev–Trinajstić information content (AvgIpc) is 2.45. The smallest absolute Gasteiger partial charge is 0.507 e. The summed E-state index contributed by atoms with van der Waals surface area (Å²) < 4.78 is 40.3. The minimum atomic E-state index is -4.74. The molecular formula is C16H11F3O3. The molecule has 0 aliphatic carbocycles. The fraction of sp³-hybridized carbons (Fsp3) is 0.0625. The standard InChI is InChI=1S/C16H11F3O3/c17-16(18,19)22-14-3-1-2-11(9-14)4-5-12-6-7-15(21)13(8-12)10-20/h1-10,21H/b5-4+. The Balaban J connectivity index is 2.20. The van der Waals surface area contributed by atoms with E-state index in [9.17, 15) is 23.1 Å². The molecule has 0 spiro atoms. The maximum absolute atomic E-state index is 12.1. The Morgan fingerprint density at radius 2 is 1.68 bits per heavy atom. The maximum atomic E-state index is 12.1. The lowest BCUT2D eigenvalue weighted by Gasteiger charge is -2.08. The van der Waals surface area contributed by atoms with Crippen molar-refractivity contribution in [3.63, 3.8) is 0 Å². The van der Waals surface area contributed by atoms with E-state index in [4.69, 9.17) is 0 Å². The van der Waals surface area contributed by atoms with Crippen LogP contribution in [-0.2, 0) is 0 Å². The van der Waals surface area contributed by atoms with Crippen LogP contribution in [0, 0.1) is 0 Å². The van der Waals surface area contributed by atoms with Crippen molar-refractivity contribution in [1.29, 1.82) is 0 Å². The minimum Gasteiger partial charge on any atom is -0.507 e. The quantitative estimate of drug-likeness (QED) is 0.677. The largest absolute Gasteiger partial charge is 0.573 e. The van der Waals surface area contributed by atoms with Crippen LogP contribution in [0.4, 0.5) is 13.2 Å². The number of ether oxygens (including phenoxy) is 1. The van der Waals surface area contributed by atoms with Gasteiger partial charge in [-0.1, -0.05) is 30.4 Å². The van der Waals surface area contributed by atoms with E-state index in [1.54, 1.807) is 24.3 Å². The molecule has 0 fully saturated rings. The second-order valence-electron chi connectivity index (χ2n) is 4.39. The summed E-state index contributed by atoms with van der Waals surface area (Å²) >= 11 is 0. The predicted octanol–water partition coefficient (Wildman–Crippen LogP) is 4.27. The molecule has 0 unspecified atom stereocenters. The summed E-state index contributed by atoms with van der Waals surface area (Å²) in [5.74, 6) is -0.443. The topological polar surface area (TPSA) is 46.5 Å². The van der Waals surface area contributed by atoms with E-state index in [2.05, 4.69) is 4.74 Å². The van der Waals surface area contributed by atoms with Crippen LogP contribution in [-0.4, -0.2) is 17.8 Å². The Kier molecular flexibility index (Phi) is 4.50. The number of benzene rings is 2. The van der Waals surface area contributed by atoms with E-state index >= 15 is 0 Å². The molecule has 22 heavy (non-hydrogen) atoms. The highest BCUT2D eigenvalue weighted by atomic mass is 19.4. The van der Waals surface area contributed by atoms with Crippen LogP contribution < -0.4 is 4.74 Å². The van der Waals surface area contributed by atoms with Gasteiger partial charge in [-0.15, -0.1) is 13.2 Å². The zero-order valence-corrected chi connectivity index (χ0v) is 11.2. The first kappa shape index (κ1) is 15.6. The molecule has 0 amide bonds. The van der Waals surface area contributed by atoms with Crippen LogP contribution >= 0.6 is 0 Å². The van der Waals surface area contributed by atoms with Crippen molar-refractivity contribution in [2.45, 2.75) is 6.36 Å². The van der Waals surface area contributed by atoms with Crippen molar-refractivity contribution in [3.8, 4) is 11.5 Å². The number of hydrogen-bond acceptors (Lipinski definition) is 3. The predicted molar refractivity (Wildman–Crippen MR) is 75.5 cm³/mol. The Morgan fingerprint density at radius 3 is 2.32 bits per heavy atom. The van der Waals surface area contributed by atoms with Crippen molar-refractivity contribution in [3.05, 3.63) is 59.2 Å². The number of alkyl halides is 3. The molecule has 0 bridgehead atoms. The first-order valence-corrected chi connectivity index (χ1v) is 6.19. The Hall–Kier alpha value is -2.76. The third-order valence-electron chi connectivity index (χ3n) is 2.74. The van der Waals surface area contributed by atoms with Gasteiger partial charge in [-0.05, 0) is 35.4 Å². The van der Waals surface area contributed by atoms with Crippen molar-refractivity contribution >= 4 is 18.4 Å². The van der Waals surface area contributed by atoms with Gasteiger partial charge in [-0.3, -0.25) is 4.79 Å². The summed E-state index contributed by atoms with van der Waals surface area (Å²) in [7, 11) is 0. The third kappa shape index (κ3) is 4.37. The van der Waals surface area contributed by atoms with E-state index in [0.29, 0.717) is 17.4 Å². The highest BCUT2D eigenvalue weighted by molar-refractivity contribution is 5.82. The normalized spacial score (nSPS) is 11.6. The minimum absolute atomic E-state index is 0.132. The Labute approximate surface area is 124 Å². The number of aldehydes is 1. The van der Waals surface area contributed by atoms with Gasteiger partial charge >= 0.3 is 6.36 Å². The first-order chi connectivity index (χ1) is 10.4. The van der Waals surface area contributed by atoms with Crippen LogP contribution in [0.25, 0.3) is 12.2 Å². The average molecular weight is 308 g/mol. The summed E-state index contributed by atoms with van der Waals surface area (Å²) in [4.78, 5) is 10.7. The van der Waals surface area contributed by atoms with Crippen LogP contribution in [0.1, 0.15) is 21.5 Å². The first-order valence-electron chi connectivity index (χ1n) is 6.19. The van der Waals surface area contributed by atoms with Gasteiger partial charge < -0.3 is 9.84 Å². The molecule has 3 nitrogen and oxygen atoms in total. The Bertz CT molecular complexity index is 706. The molecule has 0 aliphatic rings. The summed E-state index contributed by atoms with van der Waals surface area (Å²) in [5.41, 5.74) is 1.26. The van der Waals surface area contributed by atoms with Gasteiger partial charge in [-0.2, -0.15) is 0 Å². The fourth-order valence-electron chi connectivity index (χ4n) is 1.78. The van der Waals surface area contributed by atoms with Gasteiger partial charge in [0, 0.05) is 0 Å². The van der Waals surface area contributed by atoms with E-state index in [-0.39, 0.29) is 17.1 Å². The summed E-state index contributed by atoms with van der Waals surface area (Å²) in [5, 5.41) is 9.39. The summed E-state index contributed by atoms with van der Waals surface area (Å²) in [6.07, 6.45) is -1.04. The van der Waals surface area contributed by atoms with Crippen molar-refractivity contribution in [2.75, 3.05) is 0 Å². The highest BCUT2D eigenvalue weighted by Crippen LogP contribution is 2.24. The lowest BCUT2D eigenvalue weighted by Crippen LogP contribution is -2.17. The van der Waals surface area contributed by atoms with Crippen molar-refractivity contribution in [1.82, 2.24) is 0 Å². The van der Waals surface area contributed by atoms with Crippen LogP contribution in [0.3, 0.4) is 0 Å². The fourth-order valence-corrected chi connectivity index (χ4v) is 1.78. The van der Waals surface area contributed by atoms with E-state index < -0.39 is 6.36 Å². The molecule has 114 valence electrons. The van der Waals surface area contributed by atoms with Crippen LogP contribution in [0.5, 0.6) is 11.5 Å². The van der Waals surface area contributed by atoms with E-state index in [1.165, 1.54) is 30.3 Å². The number of carbonyl (C=O) groups is 1. The van der Waals surface area contributed by atoms with E-state index in [0.717, 1.165) is 0 Å². The van der Waals surface area contributed by atoms with E-state index in [1.807, 2.05) is 0 Å². The second kappa shape index (κ2) is 6.34. The zero-order valence-electron chi connectivity index (χ0n) is 11.2. The van der Waals surface area contributed by atoms with Gasteiger partial charge in [0.05, 0.1) is 5.56 Å². The third-order valence-corrected chi connectivity index (χ3v) is 2.74. The monoisotopic (exact) mass is 308 g/mol. The molecule has 0 saturated carbocycles. The highest BCUT2D eigenvalue weighted by Gasteiger charge is 2.30. The van der Waals surface area contributed by atoms with Crippen LogP contribution in [0.15, 0.2) is 42.5 Å². The number of carbonyl (C=O) groups excluding carboxylic acids is 1. The molecule has 2 rings (SSSR count). The molecule has 1 N–H and O–H groups in total. The molecule has 0 radical (unpaired) electrons. The molecule has 6 heteroatoms. The molecule has 0 heterocycles. The zero-order chi connectivity index (χ0) is 16.2. The molecule has 0 saturated heterocycles. The van der Waals surface area contributed by atoms with Crippen LogP contribution in [0.2, 0.25) is 0 Å². The molecule has 0 aromatic heterocycles. The van der Waals surface area contributed by atoms with Crippen molar-refractivity contribution < 1.29 is 27.8 Å². The number of halogens is 3. The molecule has 0 aliphatic heterocycles. The van der Waals surface area contributed by atoms with Gasteiger partial charge in [-0.25, -0.2) is 0 Å². The molecule has 0 atom stereocenters. The van der Waals surface area contributed by atoms with Gasteiger partial charge in [0.2, 0.25) is 0 Å². The SMILES string of the molecule is O=Cc1cc(/C=C/c2cccc(OC(F)(F)F)c2)ccc1O. The lowest BCUT2D eigenvalue weighted by molar-refractivity contribution is -0.274. The molecule has 2 aromatic carbocycles. The number of phenols is 1. The number of rotatable bonds is 4. The molecule has 2 aromatic rings. The number of aromatic hydroxyl groups is 1. The van der Waals surface area contributed by atoms with Gasteiger partial charge in [0.15, 0.2) is 6.29 Å². The second-order valence-corrected chi connectivity index (χ2v) is 4.39. The Morgan fingerprint density at radius 1 is 1.00 bits per heavy atom. The summed E-state index contributed by atoms with van der Waals surface area (Å²) in [6, 6.07) is 9.91. The maximum Gasteiger partial charge on any atom is 0.573 e.